The molecule has 124 valence electrons. The lowest BCUT2D eigenvalue weighted by Gasteiger charge is -2.24. The van der Waals surface area contributed by atoms with Gasteiger partial charge in [-0.3, -0.25) is 0 Å². The molecule has 1 aliphatic rings. The molecule has 1 heterocycles. The summed E-state index contributed by atoms with van der Waals surface area (Å²) in [6.45, 7) is 4.25. The molecule has 0 aliphatic carbocycles. The lowest BCUT2D eigenvalue weighted by molar-refractivity contribution is -0.275. The Labute approximate surface area is 128 Å². The zero-order valence-electron chi connectivity index (χ0n) is 12.7. The summed E-state index contributed by atoms with van der Waals surface area (Å²) >= 11 is 0. The molecule has 1 N–H and O–H groups in total. The van der Waals surface area contributed by atoms with Gasteiger partial charge in [0, 0.05) is 0 Å². The van der Waals surface area contributed by atoms with E-state index in [1.807, 2.05) is 6.92 Å². The highest BCUT2D eigenvalue weighted by Gasteiger charge is 2.32. The Morgan fingerprint density at radius 1 is 1.18 bits per heavy atom. The molecule has 0 bridgehead atoms. The Morgan fingerprint density at radius 2 is 1.91 bits per heavy atom. The summed E-state index contributed by atoms with van der Waals surface area (Å²) in [5.41, 5.74) is 1.02. The van der Waals surface area contributed by atoms with Gasteiger partial charge in [-0.25, -0.2) is 0 Å². The highest BCUT2D eigenvalue weighted by molar-refractivity contribution is 5.44. The molecule has 1 aromatic rings. The van der Waals surface area contributed by atoms with Crippen LogP contribution in [0.5, 0.6) is 11.5 Å². The van der Waals surface area contributed by atoms with Gasteiger partial charge < -0.3 is 14.8 Å². The highest BCUT2D eigenvalue weighted by atomic mass is 19.4. The SMILES string of the molecule is CCCCOc1cc(C2CCNCC2)ccc1OC(F)(F)F. The first-order chi connectivity index (χ1) is 10.5. The van der Waals surface area contributed by atoms with Crippen LogP contribution in [0.15, 0.2) is 18.2 Å². The minimum absolute atomic E-state index is 0.182. The van der Waals surface area contributed by atoms with Crippen molar-refractivity contribution in [2.45, 2.75) is 44.9 Å². The lowest BCUT2D eigenvalue weighted by Crippen LogP contribution is -2.26. The number of piperidine rings is 1. The second kappa shape index (κ2) is 7.72. The molecule has 0 amide bonds. The topological polar surface area (TPSA) is 30.5 Å². The highest BCUT2D eigenvalue weighted by Crippen LogP contribution is 2.36. The summed E-state index contributed by atoms with van der Waals surface area (Å²) in [5.74, 6) is 0.276. The molecule has 1 aromatic carbocycles. The molecule has 1 saturated heterocycles. The molecule has 0 unspecified atom stereocenters. The molecule has 0 atom stereocenters. The van der Waals surface area contributed by atoms with Gasteiger partial charge in [-0.2, -0.15) is 0 Å². The number of halogens is 3. The summed E-state index contributed by atoms with van der Waals surface area (Å²) < 4.78 is 47.0. The fourth-order valence-corrected chi connectivity index (χ4v) is 2.58. The molecular weight excluding hydrogens is 295 g/mol. The molecule has 1 aliphatic heterocycles. The predicted molar refractivity (Wildman–Crippen MR) is 78.4 cm³/mol. The van der Waals surface area contributed by atoms with Crippen molar-refractivity contribution in [2.75, 3.05) is 19.7 Å². The Morgan fingerprint density at radius 3 is 2.55 bits per heavy atom. The van der Waals surface area contributed by atoms with Gasteiger partial charge in [0.2, 0.25) is 0 Å². The maximum absolute atomic E-state index is 12.5. The second-order valence-corrected chi connectivity index (χ2v) is 5.48. The normalized spacial score (nSPS) is 16.5. The summed E-state index contributed by atoms with van der Waals surface area (Å²) in [4.78, 5) is 0. The maximum Gasteiger partial charge on any atom is 0.573 e. The Balaban J connectivity index is 2.17. The zero-order chi connectivity index (χ0) is 16.0. The molecule has 2 rings (SSSR count). The van der Waals surface area contributed by atoms with Crippen LogP contribution in [0.2, 0.25) is 0 Å². The summed E-state index contributed by atoms with van der Waals surface area (Å²) in [5, 5.41) is 3.28. The van der Waals surface area contributed by atoms with Crippen LogP contribution in [-0.2, 0) is 0 Å². The van der Waals surface area contributed by atoms with E-state index in [1.165, 1.54) is 6.07 Å². The third-order valence-corrected chi connectivity index (χ3v) is 3.76. The van der Waals surface area contributed by atoms with Gasteiger partial charge in [0.25, 0.3) is 0 Å². The first kappa shape index (κ1) is 16.9. The zero-order valence-corrected chi connectivity index (χ0v) is 12.7. The Hall–Kier alpha value is -1.43. The predicted octanol–water partition coefficient (Wildman–Crippen LogP) is 4.23. The van der Waals surface area contributed by atoms with Crippen molar-refractivity contribution in [2.24, 2.45) is 0 Å². The van der Waals surface area contributed by atoms with E-state index in [2.05, 4.69) is 10.1 Å². The van der Waals surface area contributed by atoms with E-state index in [1.54, 1.807) is 12.1 Å². The Kier molecular flexibility index (Phi) is 5.94. The number of unbranched alkanes of at least 4 members (excludes halogenated alkanes) is 1. The van der Waals surface area contributed by atoms with Crippen molar-refractivity contribution in [3.05, 3.63) is 23.8 Å². The van der Waals surface area contributed by atoms with Crippen LogP contribution < -0.4 is 14.8 Å². The van der Waals surface area contributed by atoms with E-state index in [0.717, 1.165) is 44.3 Å². The molecule has 0 saturated carbocycles. The van der Waals surface area contributed by atoms with Gasteiger partial charge >= 0.3 is 6.36 Å². The largest absolute Gasteiger partial charge is 0.573 e. The summed E-state index contributed by atoms with van der Waals surface area (Å²) in [6.07, 6.45) is -1.03. The van der Waals surface area contributed by atoms with E-state index in [-0.39, 0.29) is 11.5 Å². The molecule has 22 heavy (non-hydrogen) atoms. The van der Waals surface area contributed by atoms with Gasteiger partial charge in [-0.05, 0) is 56.0 Å². The standard InChI is InChI=1S/C16H22F3NO2/c1-2-3-10-21-15-11-13(12-6-8-20-9-7-12)4-5-14(15)22-16(17,18)19/h4-5,11-12,20H,2-3,6-10H2,1H3. The van der Waals surface area contributed by atoms with Crippen molar-refractivity contribution in [3.63, 3.8) is 0 Å². The van der Waals surface area contributed by atoms with Crippen molar-refractivity contribution in [1.82, 2.24) is 5.32 Å². The fourth-order valence-electron chi connectivity index (χ4n) is 2.58. The maximum atomic E-state index is 12.5. The number of ether oxygens (including phenoxy) is 2. The number of rotatable bonds is 6. The van der Waals surface area contributed by atoms with Gasteiger partial charge in [-0.1, -0.05) is 19.4 Å². The van der Waals surface area contributed by atoms with Gasteiger partial charge in [0.15, 0.2) is 11.5 Å². The summed E-state index contributed by atoms with van der Waals surface area (Å²) in [7, 11) is 0. The van der Waals surface area contributed by atoms with Crippen LogP contribution in [-0.4, -0.2) is 26.1 Å². The van der Waals surface area contributed by atoms with E-state index in [9.17, 15) is 13.2 Å². The molecular formula is C16H22F3NO2. The van der Waals surface area contributed by atoms with Gasteiger partial charge in [0.05, 0.1) is 6.61 Å². The third kappa shape index (κ3) is 5.09. The Bertz CT molecular complexity index is 471. The quantitative estimate of drug-likeness (QED) is 0.796. The monoisotopic (exact) mass is 317 g/mol. The minimum Gasteiger partial charge on any atom is -0.490 e. The van der Waals surface area contributed by atoms with Crippen molar-refractivity contribution in [3.8, 4) is 11.5 Å². The van der Waals surface area contributed by atoms with Crippen LogP contribution in [0.25, 0.3) is 0 Å². The van der Waals surface area contributed by atoms with E-state index in [0.29, 0.717) is 12.5 Å². The first-order valence-electron chi connectivity index (χ1n) is 7.73. The smallest absolute Gasteiger partial charge is 0.490 e. The third-order valence-electron chi connectivity index (χ3n) is 3.76. The number of nitrogens with one attached hydrogen (secondary N) is 1. The van der Waals surface area contributed by atoms with Crippen LogP contribution in [0.1, 0.15) is 44.1 Å². The van der Waals surface area contributed by atoms with Crippen LogP contribution >= 0.6 is 0 Å². The number of hydrogen-bond acceptors (Lipinski definition) is 3. The van der Waals surface area contributed by atoms with Crippen molar-refractivity contribution in [1.29, 1.82) is 0 Å². The molecule has 6 heteroatoms. The first-order valence-corrected chi connectivity index (χ1v) is 7.73. The molecule has 0 radical (unpaired) electrons. The lowest BCUT2D eigenvalue weighted by atomic mass is 9.90. The molecule has 1 fully saturated rings. The summed E-state index contributed by atoms with van der Waals surface area (Å²) in [6, 6.07) is 4.78. The molecule has 0 spiro atoms. The van der Waals surface area contributed by atoms with E-state index < -0.39 is 6.36 Å². The minimum atomic E-state index is -4.71. The second-order valence-electron chi connectivity index (χ2n) is 5.48. The molecule has 0 aromatic heterocycles. The van der Waals surface area contributed by atoms with Crippen molar-refractivity contribution >= 4 is 0 Å². The van der Waals surface area contributed by atoms with Gasteiger partial charge in [-0.15, -0.1) is 13.2 Å². The number of hydrogen-bond donors (Lipinski definition) is 1. The van der Waals surface area contributed by atoms with Gasteiger partial charge in [0.1, 0.15) is 0 Å². The number of benzene rings is 1. The molecule has 3 nitrogen and oxygen atoms in total. The van der Waals surface area contributed by atoms with Crippen LogP contribution in [0.3, 0.4) is 0 Å². The fraction of sp³-hybridized carbons (Fsp3) is 0.625. The average Bonchev–Trinajstić information content (AvgIpc) is 2.48. The number of alkyl halides is 3. The van der Waals surface area contributed by atoms with Crippen molar-refractivity contribution < 1.29 is 22.6 Å². The van der Waals surface area contributed by atoms with E-state index in [4.69, 9.17) is 4.74 Å². The van der Waals surface area contributed by atoms with E-state index >= 15 is 0 Å². The van der Waals surface area contributed by atoms with Crippen LogP contribution in [0, 0.1) is 0 Å². The van der Waals surface area contributed by atoms with Crippen LogP contribution in [0.4, 0.5) is 13.2 Å². The average molecular weight is 317 g/mol.